The molecule has 3 N–H and O–H groups in total. The highest BCUT2D eigenvalue weighted by atomic mass is 16.6. The van der Waals surface area contributed by atoms with Crippen LogP contribution in [0.2, 0.25) is 0 Å². The van der Waals surface area contributed by atoms with Gasteiger partial charge in [-0.3, -0.25) is 10.1 Å². The third-order valence-corrected chi connectivity index (χ3v) is 3.42. The summed E-state index contributed by atoms with van der Waals surface area (Å²) < 4.78 is 0. The van der Waals surface area contributed by atoms with E-state index in [0.29, 0.717) is 11.4 Å². The number of anilines is 1. The van der Waals surface area contributed by atoms with Crippen molar-refractivity contribution in [3.8, 4) is 11.4 Å². The van der Waals surface area contributed by atoms with Crippen molar-refractivity contribution >= 4 is 22.4 Å². The first kappa shape index (κ1) is 13.1. The number of hydrogen-bond acceptors (Lipinski definition) is 4. The summed E-state index contributed by atoms with van der Waals surface area (Å²) in [6.07, 6.45) is 0. The van der Waals surface area contributed by atoms with Crippen LogP contribution in [0.3, 0.4) is 0 Å². The van der Waals surface area contributed by atoms with E-state index in [-0.39, 0.29) is 11.4 Å². The van der Waals surface area contributed by atoms with Crippen molar-refractivity contribution in [2.75, 3.05) is 5.73 Å². The molecule has 0 saturated carbocycles. The first-order chi connectivity index (χ1) is 9.95. The summed E-state index contributed by atoms with van der Waals surface area (Å²) in [6.45, 7) is 4.01. The van der Waals surface area contributed by atoms with Crippen LogP contribution in [0.4, 0.5) is 11.4 Å². The average Bonchev–Trinajstić information content (AvgIpc) is 2.83. The molecule has 3 aromatic rings. The molecule has 1 heterocycles. The largest absolute Gasteiger partial charge is 0.393 e. The Morgan fingerprint density at radius 3 is 2.71 bits per heavy atom. The normalized spacial score (nSPS) is 11.0. The Labute approximate surface area is 120 Å². The monoisotopic (exact) mass is 282 g/mol. The molecule has 0 aliphatic rings. The highest BCUT2D eigenvalue weighted by molar-refractivity contribution is 5.83. The molecule has 0 aliphatic carbocycles. The minimum atomic E-state index is -0.489. The second-order valence-electron chi connectivity index (χ2n) is 5.09. The molecule has 0 aliphatic heterocycles. The molecule has 106 valence electrons. The molecule has 0 bridgehead atoms. The van der Waals surface area contributed by atoms with Gasteiger partial charge in [0, 0.05) is 11.6 Å². The molecule has 2 aromatic carbocycles. The van der Waals surface area contributed by atoms with Crippen LogP contribution in [0, 0.1) is 24.0 Å². The van der Waals surface area contributed by atoms with E-state index in [9.17, 15) is 10.1 Å². The van der Waals surface area contributed by atoms with Crippen LogP contribution in [-0.2, 0) is 0 Å². The third kappa shape index (κ3) is 2.20. The number of imidazole rings is 1. The summed E-state index contributed by atoms with van der Waals surface area (Å²) in [5, 5.41) is 11.0. The van der Waals surface area contributed by atoms with Crippen LogP contribution in [-0.4, -0.2) is 14.9 Å². The standard InChI is InChI=1S/C15H14N4O2/c1-8-5-9(2)14-12(6-8)17-15(18-14)10-3-4-11(16)13(7-10)19(20)21/h3-7H,16H2,1-2H3,(H,17,18). The van der Waals surface area contributed by atoms with Crippen molar-refractivity contribution in [3.05, 3.63) is 51.6 Å². The Hall–Kier alpha value is -2.89. The average molecular weight is 282 g/mol. The minimum Gasteiger partial charge on any atom is -0.393 e. The zero-order chi connectivity index (χ0) is 15.1. The Balaban J connectivity index is 2.19. The summed E-state index contributed by atoms with van der Waals surface area (Å²) in [4.78, 5) is 18.2. The Kier molecular flexibility index (Phi) is 2.86. The molecule has 0 spiro atoms. The quantitative estimate of drug-likeness (QED) is 0.428. The first-order valence-corrected chi connectivity index (χ1v) is 6.47. The van der Waals surface area contributed by atoms with Gasteiger partial charge in [-0.05, 0) is 43.2 Å². The van der Waals surface area contributed by atoms with Gasteiger partial charge in [0.2, 0.25) is 0 Å². The molecule has 0 atom stereocenters. The lowest BCUT2D eigenvalue weighted by molar-refractivity contribution is -0.383. The number of aryl methyl sites for hydroxylation is 2. The highest BCUT2D eigenvalue weighted by Gasteiger charge is 2.15. The van der Waals surface area contributed by atoms with Gasteiger partial charge >= 0.3 is 0 Å². The molecule has 21 heavy (non-hydrogen) atoms. The lowest BCUT2D eigenvalue weighted by Crippen LogP contribution is -1.96. The van der Waals surface area contributed by atoms with Gasteiger partial charge in [-0.1, -0.05) is 6.07 Å². The van der Waals surface area contributed by atoms with E-state index in [4.69, 9.17) is 5.73 Å². The molecule has 6 heteroatoms. The Morgan fingerprint density at radius 2 is 2.00 bits per heavy atom. The number of nitrogens with one attached hydrogen (secondary N) is 1. The zero-order valence-electron chi connectivity index (χ0n) is 11.7. The van der Waals surface area contributed by atoms with E-state index >= 15 is 0 Å². The van der Waals surface area contributed by atoms with Crippen molar-refractivity contribution in [1.82, 2.24) is 9.97 Å². The van der Waals surface area contributed by atoms with Gasteiger partial charge in [0.05, 0.1) is 16.0 Å². The maximum absolute atomic E-state index is 11.0. The fourth-order valence-electron chi connectivity index (χ4n) is 2.46. The number of aromatic nitrogens is 2. The number of nitrogens with zero attached hydrogens (tertiary/aromatic N) is 2. The maximum Gasteiger partial charge on any atom is 0.292 e. The molecule has 0 amide bonds. The van der Waals surface area contributed by atoms with Crippen LogP contribution in [0.5, 0.6) is 0 Å². The summed E-state index contributed by atoms with van der Waals surface area (Å²) in [6, 6.07) is 8.75. The highest BCUT2D eigenvalue weighted by Crippen LogP contribution is 2.29. The lowest BCUT2D eigenvalue weighted by atomic mass is 10.1. The van der Waals surface area contributed by atoms with E-state index in [1.807, 2.05) is 19.9 Å². The molecule has 6 nitrogen and oxygen atoms in total. The second-order valence-corrected chi connectivity index (χ2v) is 5.09. The molecule has 0 radical (unpaired) electrons. The number of rotatable bonds is 2. The third-order valence-electron chi connectivity index (χ3n) is 3.42. The predicted molar refractivity (Wildman–Crippen MR) is 82.1 cm³/mol. The van der Waals surface area contributed by atoms with Gasteiger partial charge in [-0.25, -0.2) is 4.98 Å². The molecular formula is C15H14N4O2. The predicted octanol–water partition coefficient (Wildman–Crippen LogP) is 3.34. The number of fused-ring (bicyclic) bond motifs is 1. The van der Waals surface area contributed by atoms with Gasteiger partial charge in [0.25, 0.3) is 5.69 Å². The maximum atomic E-state index is 11.0. The van der Waals surface area contributed by atoms with E-state index in [1.54, 1.807) is 6.07 Å². The number of hydrogen-bond donors (Lipinski definition) is 2. The van der Waals surface area contributed by atoms with Gasteiger partial charge in [0.1, 0.15) is 11.5 Å². The lowest BCUT2D eigenvalue weighted by Gasteiger charge is -2.00. The van der Waals surface area contributed by atoms with Crippen LogP contribution >= 0.6 is 0 Å². The number of nitro benzene ring substituents is 1. The molecular weight excluding hydrogens is 268 g/mol. The zero-order valence-corrected chi connectivity index (χ0v) is 11.7. The van der Waals surface area contributed by atoms with Crippen LogP contribution in [0.15, 0.2) is 30.3 Å². The first-order valence-electron chi connectivity index (χ1n) is 6.47. The topological polar surface area (TPSA) is 97.8 Å². The van der Waals surface area contributed by atoms with Crippen LogP contribution < -0.4 is 5.73 Å². The molecule has 0 fully saturated rings. The van der Waals surface area contributed by atoms with Crippen LogP contribution in [0.25, 0.3) is 22.4 Å². The number of nitrogen functional groups attached to an aromatic ring is 1. The van der Waals surface area contributed by atoms with Crippen molar-refractivity contribution in [2.24, 2.45) is 0 Å². The molecule has 1 aromatic heterocycles. The molecule has 0 unspecified atom stereocenters. The fourth-order valence-corrected chi connectivity index (χ4v) is 2.46. The summed E-state index contributed by atoms with van der Waals surface area (Å²) in [5.74, 6) is 0.599. The van der Waals surface area contributed by atoms with Crippen molar-refractivity contribution in [1.29, 1.82) is 0 Å². The van der Waals surface area contributed by atoms with Gasteiger partial charge in [-0.15, -0.1) is 0 Å². The Bertz CT molecular complexity index is 867. The minimum absolute atomic E-state index is 0.110. The van der Waals surface area contributed by atoms with Crippen molar-refractivity contribution in [2.45, 2.75) is 13.8 Å². The Morgan fingerprint density at radius 1 is 1.24 bits per heavy atom. The fraction of sp³-hybridized carbons (Fsp3) is 0.133. The number of aromatic amines is 1. The van der Waals surface area contributed by atoms with E-state index in [0.717, 1.165) is 22.2 Å². The number of nitro groups is 1. The van der Waals surface area contributed by atoms with E-state index in [2.05, 4.69) is 16.0 Å². The van der Waals surface area contributed by atoms with Gasteiger partial charge in [0.15, 0.2) is 0 Å². The molecule has 3 rings (SSSR count). The SMILES string of the molecule is Cc1cc(C)c2nc(-c3ccc(N)c([N+](=O)[O-])c3)[nH]c2c1. The van der Waals surface area contributed by atoms with Gasteiger partial charge < -0.3 is 10.7 Å². The van der Waals surface area contributed by atoms with E-state index < -0.39 is 4.92 Å². The number of nitrogens with two attached hydrogens (primary N) is 1. The number of H-pyrrole nitrogens is 1. The number of benzene rings is 2. The summed E-state index contributed by atoms with van der Waals surface area (Å²) >= 11 is 0. The van der Waals surface area contributed by atoms with Gasteiger partial charge in [-0.2, -0.15) is 0 Å². The molecule has 0 saturated heterocycles. The second kappa shape index (κ2) is 4.59. The van der Waals surface area contributed by atoms with E-state index in [1.165, 1.54) is 12.1 Å². The van der Waals surface area contributed by atoms with Crippen molar-refractivity contribution < 1.29 is 4.92 Å². The summed E-state index contributed by atoms with van der Waals surface area (Å²) in [7, 11) is 0. The summed E-state index contributed by atoms with van der Waals surface area (Å²) in [5.41, 5.74) is 10.3. The smallest absolute Gasteiger partial charge is 0.292 e. The van der Waals surface area contributed by atoms with Crippen LogP contribution in [0.1, 0.15) is 11.1 Å². The van der Waals surface area contributed by atoms with Crippen molar-refractivity contribution in [3.63, 3.8) is 0 Å².